The summed E-state index contributed by atoms with van der Waals surface area (Å²) in [6.07, 6.45) is 9.30. The van der Waals surface area contributed by atoms with Gasteiger partial charge in [-0.1, -0.05) is 6.92 Å². The van der Waals surface area contributed by atoms with E-state index in [1.165, 1.54) is 0 Å². The minimum atomic E-state index is -0.676. The van der Waals surface area contributed by atoms with Crippen LogP contribution in [0.4, 0.5) is 0 Å². The quantitative estimate of drug-likeness (QED) is 0.765. The second-order valence-electron chi connectivity index (χ2n) is 9.57. The highest BCUT2D eigenvalue weighted by Crippen LogP contribution is 2.61. The van der Waals surface area contributed by atoms with Crippen LogP contribution in [0, 0.1) is 23.2 Å². The van der Waals surface area contributed by atoms with E-state index in [4.69, 9.17) is 4.74 Å². The predicted molar refractivity (Wildman–Crippen MR) is 92.6 cm³/mol. The molecule has 2 N–H and O–H groups in total. The summed E-state index contributed by atoms with van der Waals surface area (Å²) in [5, 5.41) is 13.8. The second-order valence-corrected chi connectivity index (χ2v) is 9.57. The molecule has 5 heteroatoms. The average molecular weight is 349 g/mol. The number of ether oxygens (including phenoxy) is 1. The van der Waals surface area contributed by atoms with E-state index in [2.05, 4.69) is 12.2 Å². The first-order valence-electron chi connectivity index (χ1n) is 10.0. The number of nitrogens with one attached hydrogen (secondary N) is 1. The number of hydrogen-bond donors (Lipinski definition) is 2. The number of amides is 1. The fraction of sp³-hybridized carbons (Fsp3) is 0.900. The molecule has 5 nitrogen and oxygen atoms in total. The van der Waals surface area contributed by atoms with Crippen LogP contribution in [0.25, 0.3) is 0 Å². The Morgan fingerprint density at radius 2 is 1.72 bits per heavy atom. The van der Waals surface area contributed by atoms with Gasteiger partial charge in [0.15, 0.2) is 6.61 Å². The van der Waals surface area contributed by atoms with E-state index in [-0.39, 0.29) is 24.5 Å². The lowest BCUT2D eigenvalue weighted by Gasteiger charge is -2.58. The van der Waals surface area contributed by atoms with E-state index in [1.54, 1.807) is 0 Å². The molecule has 5 fully saturated rings. The van der Waals surface area contributed by atoms with Crippen LogP contribution < -0.4 is 5.32 Å². The highest BCUT2D eigenvalue weighted by molar-refractivity contribution is 5.83. The van der Waals surface area contributed by atoms with E-state index >= 15 is 0 Å². The first-order valence-corrected chi connectivity index (χ1v) is 10.0. The van der Waals surface area contributed by atoms with Crippen LogP contribution in [0.5, 0.6) is 0 Å². The first kappa shape index (κ1) is 17.3. The van der Waals surface area contributed by atoms with Gasteiger partial charge in [-0.25, -0.2) is 0 Å². The molecule has 0 radical (unpaired) electrons. The lowest BCUT2D eigenvalue weighted by atomic mass is 9.48. The van der Waals surface area contributed by atoms with Gasteiger partial charge < -0.3 is 15.2 Å². The van der Waals surface area contributed by atoms with Crippen molar-refractivity contribution in [1.82, 2.24) is 5.32 Å². The van der Waals surface area contributed by atoms with Crippen molar-refractivity contribution >= 4 is 11.9 Å². The Hall–Kier alpha value is -1.10. The van der Waals surface area contributed by atoms with Crippen LogP contribution in [-0.2, 0) is 14.3 Å². The van der Waals surface area contributed by atoms with Crippen LogP contribution in [0.1, 0.15) is 71.1 Å². The van der Waals surface area contributed by atoms with Crippen molar-refractivity contribution in [3.63, 3.8) is 0 Å². The van der Waals surface area contributed by atoms with Crippen LogP contribution in [0.2, 0.25) is 0 Å². The minimum Gasteiger partial charge on any atom is -0.455 e. The average Bonchev–Trinajstić information content (AvgIpc) is 2.52. The van der Waals surface area contributed by atoms with Crippen molar-refractivity contribution in [2.45, 2.75) is 82.8 Å². The number of hydrogen-bond acceptors (Lipinski definition) is 4. The maximum Gasteiger partial charge on any atom is 0.312 e. The maximum atomic E-state index is 12.8. The topological polar surface area (TPSA) is 75.6 Å². The predicted octanol–water partition coefficient (Wildman–Crippen LogP) is 2.56. The molecule has 0 aromatic heterocycles. The molecule has 140 valence electrons. The number of esters is 1. The van der Waals surface area contributed by atoms with Crippen molar-refractivity contribution in [3.05, 3.63) is 0 Å². The molecule has 5 rings (SSSR count). The molecule has 0 spiro atoms. The van der Waals surface area contributed by atoms with Crippen LogP contribution >= 0.6 is 0 Å². The molecule has 0 saturated heterocycles. The normalized spacial score (nSPS) is 45.2. The molecule has 0 aromatic rings. The smallest absolute Gasteiger partial charge is 0.312 e. The highest BCUT2D eigenvalue weighted by atomic mass is 16.5. The molecule has 25 heavy (non-hydrogen) atoms. The Morgan fingerprint density at radius 1 is 1.08 bits per heavy atom. The Kier molecular flexibility index (Phi) is 4.33. The summed E-state index contributed by atoms with van der Waals surface area (Å²) in [5.41, 5.74) is -1.22. The monoisotopic (exact) mass is 349 g/mol. The van der Waals surface area contributed by atoms with Gasteiger partial charge in [0.05, 0.1) is 11.0 Å². The number of aliphatic hydroxyl groups is 1. The SMILES string of the molecule is CC1CCC(NC(=O)COC(=O)C23C[C@@H]4C[C@@H](CC(O)(C4)C2)C3)CC1. The molecule has 0 heterocycles. The summed E-state index contributed by atoms with van der Waals surface area (Å²) in [7, 11) is 0. The Balaban J connectivity index is 1.30. The summed E-state index contributed by atoms with van der Waals surface area (Å²) in [6.45, 7) is 2.07. The molecule has 1 amide bonds. The van der Waals surface area contributed by atoms with Crippen molar-refractivity contribution < 1.29 is 19.4 Å². The first-order chi connectivity index (χ1) is 11.9. The zero-order chi connectivity index (χ0) is 17.7. The lowest BCUT2D eigenvalue weighted by Crippen LogP contribution is -2.58. The maximum absolute atomic E-state index is 12.8. The van der Waals surface area contributed by atoms with E-state index in [0.717, 1.165) is 63.7 Å². The van der Waals surface area contributed by atoms with Gasteiger partial charge in [0, 0.05) is 6.04 Å². The zero-order valence-corrected chi connectivity index (χ0v) is 15.3. The number of carbonyl (C=O) groups excluding carboxylic acids is 2. The van der Waals surface area contributed by atoms with Crippen molar-refractivity contribution in [3.8, 4) is 0 Å². The number of carbonyl (C=O) groups is 2. The fourth-order valence-corrected chi connectivity index (χ4v) is 6.41. The van der Waals surface area contributed by atoms with E-state index < -0.39 is 11.0 Å². The van der Waals surface area contributed by atoms with Gasteiger partial charge >= 0.3 is 5.97 Å². The van der Waals surface area contributed by atoms with Gasteiger partial charge in [0.1, 0.15) is 0 Å². The fourth-order valence-electron chi connectivity index (χ4n) is 6.41. The molecule has 0 aromatic carbocycles. The minimum absolute atomic E-state index is 0.180. The van der Waals surface area contributed by atoms with Crippen molar-refractivity contribution in [2.24, 2.45) is 23.2 Å². The molecule has 4 bridgehead atoms. The highest BCUT2D eigenvalue weighted by Gasteiger charge is 2.60. The van der Waals surface area contributed by atoms with Gasteiger partial charge in [0.25, 0.3) is 5.91 Å². The van der Waals surface area contributed by atoms with Crippen LogP contribution in [0.3, 0.4) is 0 Å². The summed E-state index contributed by atoms with van der Waals surface area (Å²) in [4.78, 5) is 24.9. The van der Waals surface area contributed by atoms with Gasteiger partial charge in [-0.3, -0.25) is 9.59 Å². The Labute approximate surface area is 149 Å². The lowest BCUT2D eigenvalue weighted by molar-refractivity contribution is -0.196. The van der Waals surface area contributed by atoms with Crippen LogP contribution in [-0.4, -0.2) is 35.2 Å². The van der Waals surface area contributed by atoms with Crippen LogP contribution in [0.15, 0.2) is 0 Å². The third-order valence-electron chi connectivity index (χ3n) is 7.18. The number of rotatable bonds is 4. The summed E-state index contributed by atoms with van der Waals surface area (Å²) in [5.74, 6) is 1.19. The Morgan fingerprint density at radius 3 is 2.32 bits per heavy atom. The summed E-state index contributed by atoms with van der Waals surface area (Å²) in [6, 6.07) is 0.225. The molecular weight excluding hydrogens is 318 g/mol. The van der Waals surface area contributed by atoms with E-state index in [9.17, 15) is 14.7 Å². The summed E-state index contributed by atoms with van der Waals surface area (Å²) < 4.78 is 5.43. The third-order valence-corrected chi connectivity index (χ3v) is 7.18. The largest absolute Gasteiger partial charge is 0.455 e. The van der Waals surface area contributed by atoms with Crippen molar-refractivity contribution in [2.75, 3.05) is 6.61 Å². The van der Waals surface area contributed by atoms with Gasteiger partial charge in [-0.05, 0) is 82.0 Å². The van der Waals surface area contributed by atoms with E-state index in [0.29, 0.717) is 18.3 Å². The third kappa shape index (κ3) is 3.44. The van der Waals surface area contributed by atoms with Crippen molar-refractivity contribution in [1.29, 1.82) is 0 Å². The molecule has 0 aliphatic heterocycles. The Bertz CT molecular complexity index is 538. The molecule has 4 atom stereocenters. The van der Waals surface area contributed by atoms with Gasteiger partial charge in [-0.2, -0.15) is 0 Å². The van der Waals surface area contributed by atoms with E-state index in [1.807, 2.05) is 0 Å². The zero-order valence-electron chi connectivity index (χ0n) is 15.3. The summed E-state index contributed by atoms with van der Waals surface area (Å²) >= 11 is 0. The second kappa shape index (κ2) is 6.26. The van der Waals surface area contributed by atoms with Gasteiger partial charge in [0.2, 0.25) is 0 Å². The molecule has 5 aliphatic carbocycles. The molecule has 5 aliphatic rings. The standard InChI is InChI=1S/C20H31NO4/c1-13-2-4-16(5-3-13)21-17(22)11-25-18(23)19-7-14-6-15(8-19)10-20(24,9-14)12-19/h13-16,24H,2-12H2,1H3,(H,21,22)/t13?,14-,15+,16?,19?,20?. The molecular formula is C20H31NO4. The molecule has 5 saturated carbocycles. The molecule has 2 unspecified atom stereocenters. The van der Waals surface area contributed by atoms with Gasteiger partial charge in [-0.15, -0.1) is 0 Å².